The fraction of sp³-hybridized carbons (Fsp3) is 0.611. The standard InChI is InChI=1S/C18H26N2O2/c1-18(2,3)22-17(21)20-9-8-19-16(12-20)15-10-13-6-4-5-7-14(13)11-15/h4-7,15-16,19H,8-12H2,1-3H3. The number of piperazine rings is 1. The number of nitrogens with one attached hydrogen (secondary N) is 1. The van der Waals surface area contributed by atoms with Gasteiger partial charge in [0, 0.05) is 25.7 Å². The molecule has 3 rings (SSSR count). The van der Waals surface area contributed by atoms with Crippen molar-refractivity contribution in [1.29, 1.82) is 0 Å². The molecule has 0 saturated carbocycles. The highest BCUT2D eigenvalue weighted by Crippen LogP contribution is 2.29. The molecular weight excluding hydrogens is 276 g/mol. The summed E-state index contributed by atoms with van der Waals surface area (Å²) in [5.41, 5.74) is 2.49. The topological polar surface area (TPSA) is 41.6 Å². The van der Waals surface area contributed by atoms with Crippen LogP contribution in [0, 0.1) is 5.92 Å². The zero-order chi connectivity index (χ0) is 15.7. The van der Waals surface area contributed by atoms with E-state index in [1.807, 2.05) is 25.7 Å². The van der Waals surface area contributed by atoms with Crippen LogP contribution in [-0.2, 0) is 17.6 Å². The van der Waals surface area contributed by atoms with Crippen LogP contribution in [-0.4, -0.2) is 42.3 Å². The van der Waals surface area contributed by atoms with Crippen molar-refractivity contribution in [1.82, 2.24) is 10.2 Å². The smallest absolute Gasteiger partial charge is 0.410 e. The average Bonchev–Trinajstić information content (AvgIpc) is 2.89. The molecular formula is C18H26N2O2. The minimum absolute atomic E-state index is 0.186. The molecule has 1 saturated heterocycles. The normalized spacial score (nSPS) is 22.5. The van der Waals surface area contributed by atoms with Crippen LogP contribution in [0.1, 0.15) is 31.9 Å². The Morgan fingerprint density at radius 2 is 1.86 bits per heavy atom. The Kier molecular flexibility index (Phi) is 4.13. The van der Waals surface area contributed by atoms with Crippen LogP contribution in [0.2, 0.25) is 0 Å². The van der Waals surface area contributed by atoms with Gasteiger partial charge in [0.05, 0.1) is 0 Å². The Morgan fingerprint density at radius 1 is 1.23 bits per heavy atom. The summed E-state index contributed by atoms with van der Waals surface area (Å²) in [5.74, 6) is 0.572. The van der Waals surface area contributed by atoms with E-state index >= 15 is 0 Å². The minimum atomic E-state index is -0.430. The van der Waals surface area contributed by atoms with Gasteiger partial charge in [0.25, 0.3) is 0 Å². The molecule has 4 nitrogen and oxygen atoms in total. The molecule has 1 unspecified atom stereocenters. The number of benzene rings is 1. The third-order valence-corrected chi connectivity index (χ3v) is 4.51. The highest BCUT2D eigenvalue weighted by molar-refractivity contribution is 5.68. The summed E-state index contributed by atoms with van der Waals surface area (Å²) in [7, 11) is 0. The molecule has 1 aromatic rings. The molecule has 1 aliphatic carbocycles. The largest absolute Gasteiger partial charge is 0.444 e. The van der Waals surface area contributed by atoms with Crippen molar-refractivity contribution in [3.63, 3.8) is 0 Å². The summed E-state index contributed by atoms with van der Waals surface area (Å²) >= 11 is 0. The molecule has 120 valence electrons. The van der Waals surface area contributed by atoms with E-state index in [1.54, 1.807) is 0 Å². The van der Waals surface area contributed by atoms with Gasteiger partial charge in [-0.15, -0.1) is 0 Å². The van der Waals surface area contributed by atoms with Gasteiger partial charge in [-0.05, 0) is 50.7 Å². The molecule has 0 aromatic heterocycles. The second kappa shape index (κ2) is 5.92. The SMILES string of the molecule is CC(C)(C)OC(=O)N1CCNC(C2Cc3ccccc3C2)C1. The maximum absolute atomic E-state index is 12.3. The van der Waals surface area contributed by atoms with Gasteiger partial charge < -0.3 is 15.0 Å². The van der Waals surface area contributed by atoms with Crippen LogP contribution < -0.4 is 5.32 Å². The zero-order valence-electron chi connectivity index (χ0n) is 13.8. The van der Waals surface area contributed by atoms with E-state index < -0.39 is 5.60 Å². The summed E-state index contributed by atoms with van der Waals surface area (Å²) in [4.78, 5) is 14.1. The van der Waals surface area contributed by atoms with Crippen LogP contribution >= 0.6 is 0 Å². The number of nitrogens with zero attached hydrogens (tertiary/aromatic N) is 1. The quantitative estimate of drug-likeness (QED) is 0.867. The lowest BCUT2D eigenvalue weighted by atomic mass is 9.95. The van der Waals surface area contributed by atoms with Gasteiger partial charge in [-0.2, -0.15) is 0 Å². The van der Waals surface area contributed by atoms with Crippen LogP contribution in [0.25, 0.3) is 0 Å². The molecule has 0 spiro atoms. The molecule has 22 heavy (non-hydrogen) atoms. The van der Waals surface area contributed by atoms with E-state index in [-0.39, 0.29) is 6.09 Å². The van der Waals surface area contributed by atoms with Gasteiger partial charge >= 0.3 is 6.09 Å². The Hall–Kier alpha value is -1.55. The van der Waals surface area contributed by atoms with E-state index in [1.165, 1.54) is 11.1 Å². The third-order valence-electron chi connectivity index (χ3n) is 4.51. The molecule has 1 N–H and O–H groups in total. The van der Waals surface area contributed by atoms with E-state index in [2.05, 4.69) is 29.6 Å². The number of hydrogen-bond acceptors (Lipinski definition) is 3. The fourth-order valence-corrected chi connectivity index (χ4v) is 3.46. The maximum Gasteiger partial charge on any atom is 0.410 e. The number of rotatable bonds is 1. The Morgan fingerprint density at radius 3 is 2.45 bits per heavy atom. The molecule has 1 aliphatic heterocycles. The number of carbonyl (C=O) groups is 1. The number of carbonyl (C=O) groups excluding carboxylic acids is 1. The van der Waals surface area contributed by atoms with E-state index in [0.29, 0.717) is 12.0 Å². The molecule has 1 heterocycles. The first-order chi connectivity index (χ1) is 10.4. The summed E-state index contributed by atoms with van der Waals surface area (Å²) in [5, 5.41) is 3.59. The van der Waals surface area contributed by atoms with Gasteiger partial charge in [0.15, 0.2) is 0 Å². The Balaban J connectivity index is 1.61. The first kappa shape index (κ1) is 15.3. The third kappa shape index (κ3) is 3.43. The molecule has 1 amide bonds. The van der Waals surface area contributed by atoms with Crippen molar-refractivity contribution in [2.75, 3.05) is 19.6 Å². The second-order valence-corrected chi connectivity index (χ2v) is 7.42. The summed E-state index contributed by atoms with van der Waals surface area (Å²) in [6, 6.07) is 9.03. The van der Waals surface area contributed by atoms with Crippen molar-refractivity contribution in [3.8, 4) is 0 Å². The van der Waals surface area contributed by atoms with Crippen molar-refractivity contribution >= 4 is 6.09 Å². The van der Waals surface area contributed by atoms with Crippen LogP contribution in [0.5, 0.6) is 0 Å². The van der Waals surface area contributed by atoms with Gasteiger partial charge in [-0.3, -0.25) is 0 Å². The number of ether oxygens (including phenoxy) is 1. The van der Waals surface area contributed by atoms with E-state index in [9.17, 15) is 4.79 Å². The van der Waals surface area contributed by atoms with E-state index in [4.69, 9.17) is 4.74 Å². The lowest BCUT2D eigenvalue weighted by molar-refractivity contribution is 0.0174. The van der Waals surface area contributed by atoms with Crippen LogP contribution in [0.3, 0.4) is 0 Å². The van der Waals surface area contributed by atoms with Gasteiger partial charge in [0.1, 0.15) is 5.60 Å². The monoisotopic (exact) mass is 302 g/mol. The van der Waals surface area contributed by atoms with Crippen molar-refractivity contribution in [2.24, 2.45) is 5.92 Å². The lowest BCUT2D eigenvalue weighted by Crippen LogP contribution is -2.56. The number of hydrogen-bond donors (Lipinski definition) is 1. The molecule has 4 heteroatoms. The second-order valence-electron chi connectivity index (χ2n) is 7.42. The zero-order valence-corrected chi connectivity index (χ0v) is 13.8. The first-order valence-electron chi connectivity index (χ1n) is 8.20. The van der Waals surface area contributed by atoms with Crippen molar-refractivity contribution in [2.45, 2.75) is 45.3 Å². The molecule has 1 aromatic carbocycles. The predicted molar refractivity (Wildman–Crippen MR) is 86.9 cm³/mol. The number of amides is 1. The van der Waals surface area contributed by atoms with Crippen LogP contribution in [0.15, 0.2) is 24.3 Å². The van der Waals surface area contributed by atoms with Crippen LogP contribution in [0.4, 0.5) is 4.79 Å². The summed E-state index contributed by atoms with van der Waals surface area (Å²) in [6.07, 6.45) is 2.03. The highest BCUT2D eigenvalue weighted by Gasteiger charge is 2.34. The van der Waals surface area contributed by atoms with Gasteiger partial charge in [0.2, 0.25) is 0 Å². The lowest BCUT2D eigenvalue weighted by Gasteiger charge is -2.37. The fourth-order valence-electron chi connectivity index (χ4n) is 3.46. The van der Waals surface area contributed by atoms with Crippen molar-refractivity contribution < 1.29 is 9.53 Å². The molecule has 0 bridgehead atoms. The van der Waals surface area contributed by atoms with Gasteiger partial charge in [-0.1, -0.05) is 24.3 Å². The molecule has 2 aliphatic rings. The molecule has 1 fully saturated rings. The van der Waals surface area contributed by atoms with Gasteiger partial charge in [-0.25, -0.2) is 4.79 Å². The first-order valence-corrected chi connectivity index (χ1v) is 8.20. The average molecular weight is 302 g/mol. The summed E-state index contributed by atoms with van der Waals surface area (Å²) in [6.45, 7) is 8.06. The minimum Gasteiger partial charge on any atom is -0.444 e. The highest BCUT2D eigenvalue weighted by atomic mass is 16.6. The van der Waals surface area contributed by atoms with Crippen molar-refractivity contribution in [3.05, 3.63) is 35.4 Å². The Bertz CT molecular complexity index is 525. The molecule has 0 radical (unpaired) electrons. The predicted octanol–water partition coefficient (Wildman–Crippen LogP) is 2.61. The Labute approximate surface area is 132 Å². The summed E-state index contributed by atoms with van der Waals surface area (Å²) < 4.78 is 5.51. The molecule has 1 atom stereocenters. The number of fused-ring (bicyclic) bond motifs is 1. The maximum atomic E-state index is 12.3. The van der Waals surface area contributed by atoms with E-state index in [0.717, 1.165) is 32.5 Å².